The van der Waals surface area contributed by atoms with Crippen LogP contribution in [0, 0.1) is 17.8 Å². The van der Waals surface area contributed by atoms with Crippen molar-refractivity contribution in [2.75, 3.05) is 13.1 Å². The minimum atomic E-state index is -0.570. The van der Waals surface area contributed by atoms with Crippen LogP contribution < -0.4 is 0 Å². The molecule has 1 saturated heterocycles. The molecule has 6 heteroatoms. The van der Waals surface area contributed by atoms with E-state index in [0.717, 1.165) is 55.6 Å². The lowest BCUT2D eigenvalue weighted by Gasteiger charge is -2.30. The van der Waals surface area contributed by atoms with Crippen LogP contribution in [-0.2, 0) is 10.8 Å². The lowest BCUT2D eigenvalue weighted by Crippen LogP contribution is -2.34. The molecular weight excluding hydrogens is 504 g/mol. The molecule has 2 N–H and O–H groups in total. The van der Waals surface area contributed by atoms with Gasteiger partial charge in [-0.3, -0.25) is 4.79 Å². The Bertz CT molecular complexity index is 934. The third-order valence-corrected chi connectivity index (χ3v) is 8.72. The van der Waals surface area contributed by atoms with Crippen molar-refractivity contribution >= 4 is 27.8 Å². The molecule has 0 radical (unpaired) electrons. The number of aliphatic hydroxyl groups is 1. The molecule has 1 aromatic rings. The third-order valence-electron chi connectivity index (χ3n) is 8.36. The van der Waals surface area contributed by atoms with Crippen LogP contribution in [0.1, 0.15) is 109 Å². The predicted octanol–water partition coefficient (Wildman–Crippen LogP) is 6.78. The predicted molar refractivity (Wildman–Crippen MR) is 148 cm³/mol. The highest BCUT2D eigenvalue weighted by atomic mass is 79.9. The molecule has 2 fully saturated rings. The third kappa shape index (κ3) is 5.95. The van der Waals surface area contributed by atoms with E-state index in [9.17, 15) is 15.0 Å². The van der Waals surface area contributed by atoms with Crippen LogP contribution in [-0.4, -0.2) is 45.4 Å². The van der Waals surface area contributed by atoms with E-state index >= 15 is 0 Å². The highest BCUT2D eigenvalue weighted by molar-refractivity contribution is 9.08. The molecule has 5 nitrogen and oxygen atoms in total. The van der Waals surface area contributed by atoms with E-state index in [1.54, 1.807) is 0 Å². The van der Waals surface area contributed by atoms with Gasteiger partial charge in [-0.25, -0.2) is 0 Å². The van der Waals surface area contributed by atoms with Gasteiger partial charge in [0.2, 0.25) is 0 Å². The number of likely N-dealkylation sites (tertiary alicyclic amines) is 1. The summed E-state index contributed by atoms with van der Waals surface area (Å²) >= 11 is 3.35. The Balaban J connectivity index is 1.80. The number of fused-ring (bicyclic) bond motifs is 1. The maximum atomic E-state index is 13.6. The first-order valence-corrected chi connectivity index (χ1v) is 13.9. The second-order valence-corrected chi connectivity index (χ2v) is 13.4. The first kappa shape index (κ1) is 28.2. The van der Waals surface area contributed by atoms with Crippen molar-refractivity contribution in [3.8, 4) is 5.75 Å². The summed E-state index contributed by atoms with van der Waals surface area (Å²) in [5, 5.41) is 21.9. The van der Waals surface area contributed by atoms with Crippen LogP contribution in [0.2, 0.25) is 0 Å². The Morgan fingerprint density at radius 2 is 1.60 bits per heavy atom. The van der Waals surface area contributed by atoms with Crippen LogP contribution in [0.25, 0.3) is 0 Å². The zero-order valence-electron chi connectivity index (χ0n) is 22.9. The molecule has 3 atom stereocenters. The molecule has 0 aromatic heterocycles. The van der Waals surface area contributed by atoms with Crippen molar-refractivity contribution < 1.29 is 15.0 Å². The van der Waals surface area contributed by atoms with Gasteiger partial charge in [-0.15, -0.1) is 0 Å². The minimum Gasteiger partial charge on any atom is -0.507 e. The van der Waals surface area contributed by atoms with E-state index in [2.05, 4.69) is 80.5 Å². The number of phenols is 1. The highest BCUT2D eigenvalue weighted by Crippen LogP contribution is 2.47. The van der Waals surface area contributed by atoms with Gasteiger partial charge in [0.1, 0.15) is 11.6 Å². The molecule has 3 rings (SSSR count). The number of hydrogen-bond acceptors (Lipinski definition) is 4. The number of nitrogens with zero attached hydrogens (tertiary/aromatic N) is 2. The normalized spacial score (nSPS) is 24.3. The number of hydrogen-bond donors (Lipinski definition) is 2. The number of Topliss-reactive ketones (excluding diaryl/α,β-unsaturated/α-hetero) is 1. The quantitative estimate of drug-likeness (QED) is 0.368. The van der Waals surface area contributed by atoms with Crippen molar-refractivity contribution in [2.24, 2.45) is 21.8 Å². The van der Waals surface area contributed by atoms with Gasteiger partial charge >= 0.3 is 0 Å². The van der Waals surface area contributed by atoms with E-state index in [-0.39, 0.29) is 23.2 Å². The smallest absolute Gasteiger partial charge is 0.182 e. The van der Waals surface area contributed by atoms with Gasteiger partial charge in [-0.05, 0) is 66.9 Å². The Kier molecular flexibility index (Phi) is 8.18. The minimum absolute atomic E-state index is 0.0533. The van der Waals surface area contributed by atoms with E-state index in [1.165, 1.54) is 0 Å². The fourth-order valence-electron chi connectivity index (χ4n) is 6.08. The van der Waals surface area contributed by atoms with Gasteiger partial charge in [0.05, 0.1) is 28.3 Å². The first-order valence-electron chi connectivity index (χ1n) is 13.2. The molecule has 0 unspecified atom stereocenters. The summed E-state index contributed by atoms with van der Waals surface area (Å²) in [5.74, 6) is 2.62. The number of halogens is 1. The average molecular weight is 550 g/mol. The van der Waals surface area contributed by atoms with Crippen molar-refractivity contribution in [3.05, 3.63) is 28.8 Å². The standard InChI is InChI=1S/C29H45BrN2O3/c1-9-29(35,10-2)15-18-11-20-16-32(26(31-30)21(20)12-18)17-24(33)19-13-22(27(3,4)5)25(34)23(14-19)28(6,7)8/h13-14,18,20-21,34-35H,9-12,15-17H2,1-8H3/b31-26-/t18-,20-,21-/m0/s1. The molecule has 1 aromatic carbocycles. The molecule has 0 bridgehead atoms. The van der Waals surface area contributed by atoms with Crippen molar-refractivity contribution in [2.45, 2.75) is 104 Å². The summed E-state index contributed by atoms with van der Waals surface area (Å²) in [6.07, 6.45) is 4.51. The number of benzene rings is 1. The van der Waals surface area contributed by atoms with Crippen LogP contribution >= 0.6 is 16.1 Å². The molecule has 0 spiro atoms. The number of phenolic OH excluding ortho intramolecular Hbond substituents is 1. The lowest BCUT2D eigenvalue weighted by molar-refractivity contribution is 0.00777. The molecule has 196 valence electrons. The maximum Gasteiger partial charge on any atom is 0.182 e. The number of amidine groups is 1. The Labute approximate surface area is 220 Å². The number of carbonyl (C=O) groups is 1. The van der Waals surface area contributed by atoms with Crippen molar-refractivity contribution in [3.63, 3.8) is 0 Å². The van der Waals surface area contributed by atoms with E-state index in [1.807, 2.05) is 12.1 Å². The molecule has 1 saturated carbocycles. The van der Waals surface area contributed by atoms with Crippen LogP contribution in [0.4, 0.5) is 0 Å². The molecule has 1 aliphatic carbocycles. The summed E-state index contributed by atoms with van der Waals surface area (Å²) in [5.41, 5.74) is 1.14. The number of rotatable bonds is 7. The lowest BCUT2D eigenvalue weighted by atomic mass is 9.78. The molecule has 0 amide bonds. The second-order valence-electron chi connectivity index (χ2n) is 13.0. The van der Waals surface area contributed by atoms with E-state index in [0.29, 0.717) is 29.1 Å². The van der Waals surface area contributed by atoms with Gasteiger partial charge in [0.25, 0.3) is 0 Å². The summed E-state index contributed by atoms with van der Waals surface area (Å²) in [6, 6.07) is 3.75. The largest absolute Gasteiger partial charge is 0.507 e. The van der Waals surface area contributed by atoms with Crippen LogP contribution in [0.5, 0.6) is 5.75 Å². The maximum absolute atomic E-state index is 13.6. The van der Waals surface area contributed by atoms with Gasteiger partial charge < -0.3 is 15.1 Å². The van der Waals surface area contributed by atoms with E-state index in [4.69, 9.17) is 0 Å². The van der Waals surface area contributed by atoms with Gasteiger partial charge in [-0.2, -0.15) is 4.02 Å². The molecular formula is C29H45BrN2O3. The first-order chi connectivity index (χ1) is 16.1. The zero-order chi connectivity index (χ0) is 26.3. The van der Waals surface area contributed by atoms with Crippen LogP contribution in [0.15, 0.2) is 16.2 Å². The monoisotopic (exact) mass is 548 g/mol. The highest BCUT2D eigenvalue weighted by Gasteiger charge is 2.47. The molecule has 2 aliphatic rings. The SMILES string of the molecule is CCC(O)(CC)C[C@H]1C[C@H]2CN(CC(=O)c3cc(C(C)(C)C)c(O)c(C(C)(C)C)c3)/C(=N\Br)[C@H]2C1. The van der Waals surface area contributed by atoms with E-state index < -0.39 is 5.60 Å². The van der Waals surface area contributed by atoms with Crippen LogP contribution in [0.3, 0.4) is 0 Å². The summed E-state index contributed by atoms with van der Waals surface area (Å²) < 4.78 is 4.46. The summed E-state index contributed by atoms with van der Waals surface area (Å²) in [7, 11) is 0. The second kappa shape index (κ2) is 10.2. The molecule has 1 heterocycles. The van der Waals surface area contributed by atoms with Gasteiger partial charge in [0.15, 0.2) is 5.78 Å². The molecule has 1 aliphatic heterocycles. The number of ketones is 1. The summed E-state index contributed by atoms with van der Waals surface area (Å²) in [6.45, 7) is 17.6. The fraction of sp³-hybridized carbons (Fsp3) is 0.724. The Hall–Kier alpha value is -1.40. The number of aromatic hydroxyl groups is 1. The number of carbonyl (C=O) groups excluding carboxylic acids is 1. The molecule has 35 heavy (non-hydrogen) atoms. The topological polar surface area (TPSA) is 73.1 Å². The Morgan fingerprint density at radius 3 is 2.06 bits per heavy atom. The zero-order valence-corrected chi connectivity index (χ0v) is 24.5. The van der Waals surface area contributed by atoms with Crippen molar-refractivity contribution in [1.29, 1.82) is 0 Å². The average Bonchev–Trinajstić information content (AvgIpc) is 3.27. The summed E-state index contributed by atoms with van der Waals surface area (Å²) in [4.78, 5) is 15.7. The van der Waals surface area contributed by atoms with Gasteiger partial charge in [-0.1, -0.05) is 55.4 Å². The van der Waals surface area contributed by atoms with Crippen molar-refractivity contribution in [1.82, 2.24) is 4.90 Å². The van der Waals surface area contributed by atoms with Gasteiger partial charge in [0, 0.05) is 29.2 Å². The Morgan fingerprint density at radius 1 is 1.06 bits per heavy atom. The fourth-order valence-corrected chi connectivity index (χ4v) is 6.56.